The lowest BCUT2D eigenvalue weighted by molar-refractivity contribution is -0.120. The Morgan fingerprint density at radius 3 is 2.77 bits per heavy atom. The van der Waals surface area contributed by atoms with Gasteiger partial charge in [-0.2, -0.15) is 0 Å². The van der Waals surface area contributed by atoms with Crippen molar-refractivity contribution in [1.29, 1.82) is 0 Å². The molecule has 0 N–H and O–H groups in total. The fourth-order valence-electron chi connectivity index (χ4n) is 3.87. The quantitative estimate of drug-likeness (QED) is 0.752. The number of benzene rings is 1. The molecular weight excluding hydrogens is 350 g/mol. The molecule has 0 saturated heterocycles. The Bertz CT molecular complexity index is 793. The van der Waals surface area contributed by atoms with Crippen molar-refractivity contribution in [2.45, 2.75) is 57.4 Å². The number of carbonyl (C=O) groups excluding carboxylic acids is 1. The van der Waals surface area contributed by atoms with E-state index in [4.69, 9.17) is 16.3 Å². The molecule has 2 aromatic rings. The SMILES string of the molecule is CC[C@@H]1C(=O)Cc2cnc(Cl)nc2N1C1CC(OCc2ccccc2)C1. The van der Waals surface area contributed by atoms with E-state index in [1.54, 1.807) is 6.20 Å². The van der Waals surface area contributed by atoms with Crippen molar-refractivity contribution in [3.05, 3.63) is 52.9 Å². The molecule has 1 saturated carbocycles. The van der Waals surface area contributed by atoms with Crippen LogP contribution in [-0.2, 0) is 22.6 Å². The van der Waals surface area contributed by atoms with Crippen LogP contribution in [0.2, 0.25) is 5.28 Å². The predicted molar refractivity (Wildman–Crippen MR) is 100 cm³/mol. The van der Waals surface area contributed by atoms with E-state index >= 15 is 0 Å². The minimum atomic E-state index is -0.131. The molecule has 0 radical (unpaired) electrons. The number of hydrogen-bond acceptors (Lipinski definition) is 5. The summed E-state index contributed by atoms with van der Waals surface area (Å²) in [5.41, 5.74) is 2.05. The molecule has 1 aliphatic carbocycles. The van der Waals surface area contributed by atoms with Crippen LogP contribution in [-0.4, -0.2) is 33.9 Å². The maximum atomic E-state index is 12.6. The molecule has 1 aromatic heterocycles. The molecule has 26 heavy (non-hydrogen) atoms. The average Bonchev–Trinajstić information content (AvgIpc) is 2.61. The number of Topliss-reactive ketones (excluding diaryl/α,β-unsaturated/α-hetero) is 1. The molecule has 0 bridgehead atoms. The molecule has 0 amide bonds. The summed E-state index contributed by atoms with van der Waals surface area (Å²) < 4.78 is 6.02. The van der Waals surface area contributed by atoms with E-state index in [-0.39, 0.29) is 29.3 Å². The first-order valence-corrected chi connectivity index (χ1v) is 9.51. The highest BCUT2D eigenvalue weighted by atomic mass is 35.5. The van der Waals surface area contributed by atoms with Crippen molar-refractivity contribution < 1.29 is 9.53 Å². The Hall–Kier alpha value is -1.98. The normalized spacial score (nSPS) is 24.9. The zero-order valence-electron chi connectivity index (χ0n) is 14.8. The Kier molecular flexibility index (Phi) is 4.92. The first kappa shape index (κ1) is 17.4. The van der Waals surface area contributed by atoms with Gasteiger partial charge in [0.25, 0.3) is 0 Å². The van der Waals surface area contributed by atoms with Crippen molar-refractivity contribution in [3.8, 4) is 0 Å². The fraction of sp³-hybridized carbons (Fsp3) is 0.450. The van der Waals surface area contributed by atoms with Crippen LogP contribution in [0.15, 0.2) is 36.5 Å². The first-order chi connectivity index (χ1) is 12.7. The van der Waals surface area contributed by atoms with Gasteiger partial charge in [-0.05, 0) is 36.4 Å². The van der Waals surface area contributed by atoms with Crippen LogP contribution in [0, 0.1) is 0 Å². The van der Waals surface area contributed by atoms with Crippen molar-refractivity contribution >= 4 is 23.2 Å². The minimum absolute atomic E-state index is 0.131. The third-order valence-electron chi connectivity index (χ3n) is 5.31. The Morgan fingerprint density at radius 1 is 1.27 bits per heavy atom. The number of aromatic nitrogens is 2. The summed E-state index contributed by atoms with van der Waals surface area (Å²) in [5, 5.41) is 0.231. The molecule has 2 aliphatic rings. The van der Waals surface area contributed by atoms with Crippen LogP contribution in [0.25, 0.3) is 0 Å². The summed E-state index contributed by atoms with van der Waals surface area (Å²) in [5.74, 6) is 1.06. The second-order valence-electron chi connectivity index (χ2n) is 7.01. The van der Waals surface area contributed by atoms with Gasteiger partial charge in [-0.1, -0.05) is 37.3 Å². The predicted octanol–water partition coefficient (Wildman–Crippen LogP) is 3.59. The van der Waals surface area contributed by atoms with E-state index in [1.807, 2.05) is 25.1 Å². The molecule has 0 spiro atoms. The summed E-state index contributed by atoms with van der Waals surface area (Å²) in [4.78, 5) is 23.2. The molecule has 0 unspecified atom stereocenters. The summed E-state index contributed by atoms with van der Waals surface area (Å²) >= 11 is 6.02. The van der Waals surface area contributed by atoms with Gasteiger partial charge in [0, 0.05) is 24.2 Å². The Balaban J connectivity index is 1.45. The van der Waals surface area contributed by atoms with Crippen LogP contribution < -0.4 is 4.90 Å². The highest BCUT2D eigenvalue weighted by Crippen LogP contribution is 2.38. The molecule has 1 fully saturated rings. The van der Waals surface area contributed by atoms with E-state index < -0.39 is 0 Å². The molecule has 136 valence electrons. The van der Waals surface area contributed by atoms with Crippen LogP contribution in [0.3, 0.4) is 0 Å². The zero-order chi connectivity index (χ0) is 18.1. The molecule has 5 nitrogen and oxygen atoms in total. The maximum Gasteiger partial charge on any atom is 0.224 e. The zero-order valence-corrected chi connectivity index (χ0v) is 15.5. The number of fused-ring (bicyclic) bond motifs is 1. The van der Waals surface area contributed by atoms with Crippen LogP contribution in [0.4, 0.5) is 5.82 Å². The van der Waals surface area contributed by atoms with Gasteiger partial charge in [-0.25, -0.2) is 9.97 Å². The number of hydrogen-bond donors (Lipinski definition) is 0. The molecule has 1 atom stereocenters. The lowest BCUT2D eigenvalue weighted by atomic mass is 9.83. The number of nitrogens with zero attached hydrogens (tertiary/aromatic N) is 3. The monoisotopic (exact) mass is 371 g/mol. The number of rotatable bonds is 5. The number of ether oxygens (including phenoxy) is 1. The largest absolute Gasteiger partial charge is 0.373 e. The van der Waals surface area contributed by atoms with E-state index in [0.717, 1.165) is 30.6 Å². The summed E-state index contributed by atoms with van der Waals surface area (Å²) in [7, 11) is 0. The van der Waals surface area contributed by atoms with Gasteiger partial charge in [0.15, 0.2) is 5.78 Å². The van der Waals surface area contributed by atoms with E-state index in [0.29, 0.717) is 13.0 Å². The summed E-state index contributed by atoms with van der Waals surface area (Å²) in [6.07, 6.45) is 4.86. The van der Waals surface area contributed by atoms with Gasteiger partial charge in [-0.3, -0.25) is 4.79 Å². The third kappa shape index (κ3) is 3.33. The fourth-order valence-corrected chi connectivity index (χ4v) is 4.00. The molecule has 4 rings (SSSR count). The van der Waals surface area contributed by atoms with Gasteiger partial charge in [-0.15, -0.1) is 0 Å². The second-order valence-corrected chi connectivity index (χ2v) is 7.34. The average molecular weight is 372 g/mol. The number of ketones is 1. The molecule has 1 aromatic carbocycles. The minimum Gasteiger partial charge on any atom is -0.373 e. The maximum absolute atomic E-state index is 12.6. The number of halogens is 1. The molecule has 1 aliphatic heterocycles. The van der Waals surface area contributed by atoms with Crippen molar-refractivity contribution in [3.63, 3.8) is 0 Å². The second kappa shape index (κ2) is 7.33. The van der Waals surface area contributed by atoms with Crippen LogP contribution in [0.1, 0.15) is 37.3 Å². The Labute approximate surface area is 158 Å². The van der Waals surface area contributed by atoms with Gasteiger partial charge in [0.1, 0.15) is 5.82 Å². The third-order valence-corrected chi connectivity index (χ3v) is 5.49. The number of anilines is 1. The highest BCUT2D eigenvalue weighted by molar-refractivity contribution is 6.28. The van der Waals surface area contributed by atoms with E-state index in [2.05, 4.69) is 27.0 Å². The van der Waals surface area contributed by atoms with Gasteiger partial charge in [0.2, 0.25) is 5.28 Å². The van der Waals surface area contributed by atoms with Gasteiger partial charge >= 0.3 is 0 Å². The smallest absolute Gasteiger partial charge is 0.224 e. The van der Waals surface area contributed by atoms with E-state index in [1.165, 1.54) is 5.56 Å². The topological polar surface area (TPSA) is 55.3 Å². The molecule has 2 heterocycles. The summed E-state index contributed by atoms with van der Waals surface area (Å²) in [6, 6.07) is 10.3. The van der Waals surface area contributed by atoms with Crippen LogP contribution in [0.5, 0.6) is 0 Å². The standard InChI is InChI=1S/C20H22ClN3O2/c1-2-17-18(25)8-14-11-22-20(21)23-19(14)24(17)15-9-16(10-15)26-12-13-6-4-3-5-7-13/h3-7,11,15-17H,2,8-10,12H2,1H3/t15?,16?,17-/m1/s1. The summed E-state index contributed by atoms with van der Waals surface area (Å²) in [6.45, 7) is 2.67. The van der Waals surface area contributed by atoms with Gasteiger partial charge in [0.05, 0.1) is 18.8 Å². The van der Waals surface area contributed by atoms with E-state index in [9.17, 15) is 4.79 Å². The highest BCUT2D eigenvalue weighted by Gasteiger charge is 2.43. The van der Waals surface area contributed by atoms with Crippen molar-refractivity contribution in [2.75, 3.05) is 4.90 Å². The van der Waals surface area contributed by atoms with Crippen molar-refractivity contribution in [2.24, 2.45) is 0 Å². The van der Waals surface area contributed by atoms with Crippen molar-refractivity contribution in [1.82, 2.24) is 9.97 Å². The lowest BCUT2D eigenvalue weighted by Gasteiger charge is -2.48. The molecular formula is C20H22ClN3O2. The number of carbonyl (C=O) groups is 1. The van der Waals surface area contributed by atoms with Crippen LogP contribution >= 0.6 is 11.6 Å². The molecule has 6 heteroatoms. The van der Waals surface area contributed by atoms with Gasteiger partial charge < -0.3 is 9.64 Å². The first-order valence-electron chi connectivity index (χ1n) is 9.13. The lowest BCUT2D eigenvalue weighted by Crippen LogP contribution is -2.57. The Morgan fingerprint density at radius 2 is 2.04 bits per heavy atom.